The zero-order valence-electron chi connectivity index (χ0n) is 11.5. The normalized spacial score (nSPS) is 24.0. The lowest BCUT2D eigenvalue weighted by Gasteiger charge is -2.04. The highest BCUT2D eigenvalue weighted by Crippen LogP contribution is 2.54. The van der Waals surface area contributed by atoms with E-state index in [2.05, 4.69) is 0 Å². The van der Waals surface area contributed by atoms with Crippen molar-refractivity contribution in [1.29, 1.82) is 0 Å². The Morgan fingerprint density at radius 1 is 1.09 bits per heavy atom. The van der Waals surface area contributed by atoms with Gasteiger partial charge in [0.25, 0.3) is 0 Å². The van der Waals surface area contributed by atoms with E-state index in [1.165, 1.54) is 12.1 Å². The quantitative estimate of drug-likeness (QED) is 0.873. The molecule has 0 saturated heterocycles. The zero-order valence-corrected chi connectivity index (χ0v) is 13.1. The lowest BCUT2D eigenvalue weighted by atomic mass is 10.1. The van der Waals surface area contributed by atoms with E-state index in [-0.39, 0.29) is 9.88 Å². The highest BCUT2D eigenvalue weighted by Gasteiger charge is 2.60. The van der Waals surface area contributed by atoms with Gasteiger partial charge in [0.15, 0.2) is 9.84 Å². The first-order valence-electron chi connectivity index (χ1n) is 6.76. The van der Waals surface area contributed by atoms with Crippen LogP contribution in [0.3, 0.4) is 0 Å². The molecule has 6 heteroatoms. The van der Waals surface area contributed by atoms with Crippen LogP contribution in [0.1, 0.15) is 11.5 Å². The van der Waals surface area contributed by atoms with E-state index in [1.807, 2.05) is 0 Å². The molecule has 3 atom stereocenters. The third-order valence-electron chi connectivity index (χ3n) is 3.95. The molecule has 3 rings (SSSR count). The highest BCUT2D eigenvalue weighted by atomic mass is 32.2. The molecule has 1 aliphatic carbocycles. The van der Waals surface area contributed by atoms with Crippen molar-refractivity contribution in [1.82, 2.24) is 0 Å². The molecule has 22 heavy (non-hydrogen) atoms. The minimum Gasteiger partial charge on any atom is -0.393 e. The number of thiocarbonyl (C=S) groups is 1. The molecule has 0 heterocycles. The molecule has 1 aliphatic rings. The standard InChI is InChI=1S/C16H14FNO2S2/c17-11-6-4-5-10(9-11)13-14(16(18)21)15(13)22(19,20)12-7-2-1-3-8-12/h1-9,13-15H,(H2,18,21)/t13-,14-,15+/m1/s1. The molecule has 1 saturated carbocycles. The van der Waals surface area contributed by atoms with Gasteiger partial charge in [-0.15, -0.1) is 0 Å². The third kappa shape index (κ3) is 2.53. The Morgan fingerprint density at radius 2 is 1.77 bits per heavy atom. The van der Waals surface area contributed by atoms with Crippen LogP contribution in [0.4, 0.5) is 4.39 Å². The number of hydrogen-bond acceptors (Lipinski definition) is 3. The Morgan fingerprint density at radius 3 is 2.36 bits per heavy atom. The van der Waals surface area contributed by atoms with Gasteiger partial charge in [0.05, 0.1) is 15.1 Å². The maximum absolute atomic E-state index is 13.4. The van der Waals surface area contributed by atoms with Gasteiger partial charge in [-0.3, -0.25) is 0 Å². The summed E-state index contributed by atoms with van der Waals surface area (Å²) in [6, 6.07) is 14.1. The number of halogens is 1. The van der Waals surface area contributed by atoms with Gasteiger partial charge in [0.2, 0.25) is 0 Å². The van der Waals surface area contributed by atoms with Crippen molar-refractivity contribution in [3.8, 4) is 0 Å². The number of sulfone groups is 1. The average Bonchev–Trinajstić information content (AvgIpc) is 3.25. The molecule has 1 fully saturated rings. The van der Waals surface area contributed by atoms with Crippen molar-refractivity contribution in [2.75, 3.05) is 0 Å². The second-order valence-electron chi connectivity index (χ2n) is 5.33. The molecule has 0 bridgehead atoms. The molecule has 0 spiro atoms. The Kier molecular flexibility index (Phi) is 3.74. The van der Waals surface area contributed by atoms with Gasteiger partial charge in [-0.2, -0.15) is 0 Å². The van der Waals surface area contributed by atoms with E-state index in [1.54, 1.807) is 42.5 Å². The molecule has 2 aromatic carbocycles. The van der Waals surface area contributed by atoms with Gasteiger partial charge >= 0.3 is 0 Å². The van der Waals surface area contributed by atoms with E-state index in [0.29, 0.717) is 5.56 Å². The minimum absolute atomic E-state index is 0.152. The van der Waals surface area contributed by atoms with Crippen molar-refractivity contribution in [2.24, 2.45) is 11.7 Å². The fourth-order valence-corrected chi connectivity index (χ4v) is 5.44. The van der Waals surface area contributed by atoms with E-state index in [0.717, 1.165) is 0 Å². The third-order valence-corrected chi connectivity index (χ3v) is 6.45. The van der Waals surface area contributed by atoms with E-state index < -0.39 is 32.7 Å². The van der Waals surface area contributed by atoms with Crippen molar-refractivity contribution >= 4 is 27.0 Å². The van der Waals surface area contributed by atoms with Crippen LogP contribution in [0.25, 0.3) is 0 Å². The SMILES string of the molecule is NC(=S)[C@@H]1[C@@H](c2cccc(F)c2)[C@@H]1S(=O)(=O)c1ccccc1. The molecule has 2 N–H and O–H groups in total. The fourth-order valence-electron chi connectivity index (χ4n) is 2.89. The summed E-state index contributed by atoms with van der Waals surface area (Å²) in [6.45, 7) is 0. The van der Waals surface area contributed by atoms with Gasteiger partial charge in [-0.05, 0) is 29.8 Å². The van der Waals surface area contributed by atoms with Gasteiger partial charge in [0.1, 0.15) is 5.82 Å². The summed E-state index contributed by atoms with van der Waals surface area (Å²) in [5.74, 6) is -1.25. The van der Waals surface area contributed by atoms with Crippen molar-refractivity contribution in [3.63, 3.8) is 0 Å². The molecule has 2 aromatic rings. The van der Waals surface area contributed by atoms with Gasteiger partial charge < -0.3 is 5.73 Å². The van der Waals surface area contributed by atoms with E-state index in [4.69, 9.17) is 18.0 Å². The van der Waals surface area contributed by atoms with Crippen LogP contribution >= 0.6 is 12.2 Å². The molecule has 114 valence electrons. The van der Waals surface area contributed by atoms with Crippen LogP contribution in [0.15, 0.2) is 59.5 Å². The van der Waals surface area contributed by atoms with E-state index >= 15 is 0 Å². The van der Waals surface area contributed by atoms with Crippen molar-refractivity contribution < 1.29 is 12.8 Å². The predicted molar refractivity (Wildman–Crippen MR) is 86.8 cm³/mol. The zero-order chi connectivity index (χ0) is 15.9. The first-order chi connectivity index (χ1) is 10.4. The molecule has 0 radical (unpaired) electrons. The van der Waals surface area contributed by atoms with Crippen LogP contribution in [-0.4, -0.2) is 18.7 Å². The molecular formula is C16H14FNO2S2. The van der Waals surface area contributed by atoms with Crippen molar-refractivity contribution in [3.05, 3.63) is 66.0 Å². The van der Waals surface area contributed by atoms with Crippen LogP contribution in [0, 0.1) is 11.7 Å². The first-order valence-corrected chi connectivity index (χ1v) is 8.72. The Balaban J connectivity index is 2.01. The second-order valence-corrected chi connectivity index (χ2v) is 7.91. The highest BCUT2D eigenvalue weighted by molar-refractivity contribution is 7.92. The van der Waals surface area contributed by atoms with Crippen LogP contribution in [0.5, 0.6) is 0 Å². The summed E-state index contributed by atoms with van der Waals surface area (Å²) in [7, 11) is -3.56. The molecule has 0 aliphatic heterocycles. The Bertz CT molecular complexity index is 821. The lowest BCUT2D eigenvalue weighted by molar-refractivity contribution is 0.593. The number of rotatable bonds is 4. The molecule has 0 aromatic heterocycles. The summed E-state index contributed by atoms with van der Waals surface area (Å²) in [5.41, 5.74) is 6.32. The maximum atomic E-state index is 13.4. The number of hydrogen-bond donors (Lipinski definition) is 1. The fraction of sp³-hybridized carbons (Fsp3) is 0.188. The molecule has 0 unspecified atom stereocenters. The van der Waals surface area contributed by atoms with Crippen molar-refractivity contribution in [2.45, 2.75) is 16.1 Å². The van der Waals surface area contributed by atoms with Gasteiger partial charge in [0, 0.05) is 11.8 Å². The first kappa shape index (κ1) is 15.1. The summed E-state index contributed by atoms with van der Waals surface area (Å²) < 4.78 is 39.0. The van der Waals surface area contributed by atoms with Crippen LogP contribution in [-0.2, 0) is 9.84 Å². The number of nitrogens with two attached hydrogens (primary N) is 1. The Labute approximate surface area is 133 Å². The van der Waals surface area contributed by atoms with E-state index in [9.17, 15) is 12.8 Å². The summed E-state index contributed by atoms with van der Waals surface area (Å²) in [6.07, 6.45) is 0. The minimum atomic E-state index is -3.56. The molecule has 3 nitrogen and oxygen atoms in total. The second kappa shape index (κ2) is 5.44. The average molecular weight is 335 g/mol. The largest absolute Gasteiger partial charge is 0.393 e. The molecule has 0 amide bonds. The van der Waals surface area contributed by atoms with Gasteiger partial charge in [-0.25, -0.2) is 12.8 Å². The topological polar surface area (TPSA) is 60.2 Å². The number of benzene rings is 2. The van der Waals surface area contributed by atoms with Crippen LogP contribution in [0.2, 0.25) is 0 Å². The Hall–Kier alpha value is -1.79. The predicted octanol–water partition coefficient (Wildman–Crippen LogP) is 2.67. The van der Waals surface area contributed by atoms with Crippen LogP contribution < -0.4 is 5.73 Å². The summed E-state index contributed by atoms with van der Waals surface area (Å²) >= 11 is 5.01. The maximum Gasteiger partial charge on any atom is 0.182 e. The lowest BCUT2D eigenvalue weighted by Crippen LogP contribution is -2.17. The van der Waals surface area contributed by atoms with Gasteiger partial charge in [-0.1, -0.05) is 42.5 Å². The smallest absolute Gasteiger partial charge is 0.182 e. The summed E-state index contributed by atoms with van der Waals surface area (Å²) in [5, 5.41) is -0.728. The summed E-state index contributed by atoms with van der Waals surface area (Å²) in [4.78, 5) is 0.388. The monoisotopic (exact) mass is 335 g/mol. The molecular weight excluding hydrogens is 321 g/mol.